The van der Waals surface area contributed by atoms with Crippen LogP contribution in [0.4, 0.5) is 4.79 Å². The van der Waals surface area contributed by atoms with E-state index in [2.05, 4.69) is 33.0 Å². The SMILES string of the molecule is Cc1cc(C)cc(-c2nnc(SCC(=O)NC(=O)NCCC3=CCCCC3)o2)c1. The van der Waals surface area contributed by atoms with Gasteiger partial charge in [-0.15, -0.1) is 10.2 Å². The lowest BCUT2D eigenvalue weighted by Gasteiger charge is -2.13. The second kappa shape index (κ2) is 10.2. The monoisotopic (exact) mass is 414 g/mol. The number of amides is 3. The van der Waals surface area contributed by atoms with E-state index in [0.29, 0.717) is 17.7 Å². The zero-order valence-corrected chi connectivity index (χ0v) is 17.6. The largest absolute Gasteiger partial charge is 0.411 e. The van der Waals surface area contributed by atoms with Crippen molar-refractivity contribution in [3.05, 3.63) is 41.0 Å². The fourth-order valence-electron chi connectivity index (χ4n) is 3.29. The predicted molar refractivity (Wildman–Crippen MR) is 113 cm³/mol. The molecule has 1 aliphatic rings. The maximum absolute atomic E-state index is 12.0. The smallest absolute Gasteiger partial charge is 0.321 e. The van der Waals surface area contributed by atoms with Crippen molar-refractivity contribution >= 4 is 23.7 Å². The molecular formula is C21H26N4O3S. The first-order valence-corrected chi connectivity index (χ1v) is 10.8. The Hall–Kier alpha value is -2.61. The number of benzene rings is 1. The van der Waals surface area contributed by atoms with Crippen LogP contribution in [0.25, 0.3) is 11.5 Å². The van der Waals surface area contributed by atoms with E-state index in [9.17, 15) is 9.59 Å². The van der Waals surface area contributed by atoms with Crippen molar-refractivity contribution in [2.24, 2.45) is 0 Å². The molecule has 7 nitrogen and oxygen atoms in total. The second-order valence-corrected chi connectivity index (χ2v) is 8.13. The lowest BCUT2D eigenvalue weighted by atomic mass is 9.97. The van der Waals surface area contributed by atoms with Gasteiger partial charge in [0.1, 0.15) is 0 Å². The van der Waals surface area contributed by atoms with Crippen molar-refractivity contribution in [3.63, 3.8) is 0 Å². The van der Waals surface area contributed by atoms with Crippen molar-refractivity contribution in [2.75, 3.05) is 12.3 Å². The van der Waals surface area contributed by atoms with Crippen LogP contribution in [0.1, 0.15) is 43.2 Å². The summed E-state index contributed by atoms with van der Waals surface area (Å²) in [5, 5.41) is 13.3. The Morgan fingerprint density at radius 2 is 1.93 bits per heavy atom. The van der Waals surface area contributed by atoms with Crippen molar-refractivity contribution < 1.29 is 14.0 Å². The van der Waals surface area contributed by atoms with Gasteiger partial charge in [-0.2, -0.15) is 0 Å². The summed E-state index contributed by atoms with van der Waals surface area (Å²) in [6, 6.07) is 5.52. The maximum Gasteiger partial charge on any atom is 0.321 e. The molecule has 0 saturated carbocycles. The molecule has 3 rings (SSSR count). The lowest BCUT2D eigenvalue weighted by Crippen LogP contribution is -2.40. The Bertz CT molecular complexity index is 887. The molecule has 2 N–H and O–H groups in total. The quantitative estimate of drug-likeness (QED) is 0.521. The number of hydrogen-bond acceptors (Lipinski definition) is 6. The van der Waals surface area contributed by atoms with E-state index in [4.69, 9.17) is 4.42 Å². The molecule has 0 saturated heterocycles. The normalized spacial score (nSPS) is 13.7. The molecule has 1 aromatic carbocycles. The number of thioether (sulfide) groups is 1. The third-order valence-corrected chi connectivity index (χ3v) is 5.39. The minimum atomic E-state index is -0.478. The zero-order valence-electron chi connectivity index (χ0n) is 16.8. The summed E-state index contributed by atoms with van der Waals surface area (Å²) in [5.74, 6) is 0.0255. The summed E-state index contributed by atoms with van der Waals surface area (Å²) in [4.78, 5) is 23.8. The van der Waals surface area contributed by atoms with E-state index < -0.39 is 11.9 Å². The maximum atomic E-state index is 12.0. The van der Waals surface area contributed by atoms with Gasteiger partial charge in [0.2, 0.25) is 11.8 Å². The van der Waals surface area contributed by atoms with Crippen LogP contribution in [0, 0.1) is 13.8 Å². The Balaban J connectivity index is 1.40. The number of carbonyl (C=O) groups excluding carboxylic acids is 2. The minimum Gasteiger partial charge on any atom is -0.411 e. The number of urea groups is 1. The molecule has 1 aromatic heterocycles. The van der Waals surface area contributed by atoms with Crippen molar-refractivity contribution in [1.29, 1.82) is 0 Å². The highest BCUT2D eigenvalue weighted by Gasteiger charge is 2.13. The summed E-state index contributed by atoms with van der Waals surface area (Å²) in [7, 11) is 0. The van der Waals surface area contributed by atoms with Crippen molar-refractivity contribution in [2.45, 2.75) is 51.2 Å². The average molecular weight is 415 g/mol. The Kier molecular flexibility index (Phi) is 7.46. The molecule has 0 radical (unpaired) electrons. The molecule has 1 aliphatic carbocycles. The van der Waals surface area contributed by atoms with Crippen LogP contribution in [-0.4, -0.2) is 34.4 Å². The number of nitrogens with one attached hydrogen (secondary N) is 2. The van der Waals surface area contributed by atoms with Gasteiger partial charge in [0.15, 0.2) is 0 Å². The van der Waals surface area contributed by atoms with Crippen LogP contribution in [0.2, 0.25) is 0 Å². The Morgan fingerprint density at radius 1 is 1.14 bits per heavy atom. The summed E-state index contributed by atoms with van der Waals surface area (Å²) in [6.07, 6.45) is 7.77. The highest BCUT2D eigenvalue weighted by Crippen LogP contribution is 2.24. The lowest BCUT2D eigenvalue weighted by molar-refractivity contribution is -0.117. The van der Waals surface area contributed by atoms with E-state index >= 15 is 0 Å². The van der Waals surface area contributed by atoms with E-state index in [-0.39, 0.29) is 5.75 Å². The number of allylic oxidation sites excluding steroid dienone is 1. The number of imide groups is 1. The molecule has 0 bridgehead atoms. The third-order valence-electron chi connectivity index (χ3n) is 4.57. The van der Waals surface area contributed by atoms with Gasteiger partial charge in [0, 0.05) is 12.1 Å². The van der Waals surface area contributed by atoms with E-state index in [1.54, 1.807) is 0 Å². The number of aromatic nitrogens is 2. The molecular weight excluding hydrogens is 388 g/mol. The van der Waals surface area contributed by atoms with Crippen LogP contribution >= 0.6 is 11.8 Å². The number of hydrogen-bond donors (Lipinski definition) is 2. The van der Waals surface area contributed by atoms with Crippen LogP contribution in [0.3, 0.4) is 0 Å². The van der Waals surface area contributed by atoms with Gasteiger partial charge >= 0.3 is 6.03 Å². The number of rotatable bonds is 7. The second-order valence-electron chi connectivity index (χ2n) is 7.20. The van der Waals surface area contributed by atoms with Gasteiger partial charge in [-0.05, 0) is 58.1 Å². The average Bonchev–Trinajstić information content (AvgIpc) is 3.16. The zero-order chi connectivity index (χ0) is 20.6. The predicted octanol–water partition coefficient (Wildman–Crippen LogP) is 4.16. The molecule has 0 aliphatic heterocycles. The fourth-order valence-corrected chi connectivity index (χ4v) is 3.85. The molecule has 154 valence electrons. The van der Waals surface area contributed by atoms with Crippen LogP contribution in [0.5, 0.6) is 0 Å². The first-order valence-electron chi connectivity index (χ1n) is 9.80. The van der Waals surface area contributed by atoms with E-state index in [0.717, 1.165) is 47.7 Å². The first-order chi connectivity index (χ1) is 14.0. The van der Waals surface area contributed by atoms with Gasteiger partial charge in [-0.25, -0.2) is 4.79 Å². The van der Waals surface area contributed by atoms with Gasteiger partial charge in [-0.1, -0.05) is 40.6 Å². The highest BCUT2D eigenvalue weighted by atomic mass is 32.2. The molecule has 1 heterocycles. The highest BCUT2D eigenvalue weighted by molar-refractivity contribution is 7.99. The summed E-state index contributed by atoms with van der Waals surface area (Å²) in [5.41, 5.74) is 4.45. The molecule has 0 unspecified atom stereocenters. The Labute approximate surface area is 174 Å². The van der Waals surface area contributed by atoms with Crippen LogP contribution < -0.4 is 10.6 Å². The van der Waals surface area contributed by atoms with Crippen molar-refractivity contribution in [1.82, 2.24) is 20.8 Å². The van der Waals surface area contributed by atoms with Gasteiger partial charge in [0.25, 0.3) is 5.22 Å². The molecule has 3 amide bonds. The van der Waals surface area contributed by atoms with Crippen LogP contribution in [0.15, 0.2) is 39.5 Å². The van der Waals surface area contributed by atoms with Gasteiger partial charge < -0.3 is 9.73 Å². The topological polar surface area (TPSA) is 97.1 Å². The summed E-state index contributed by atoms with van der Waals surface area (Å²) >= 11 is 1.10. The molecule has 29 heavy (non-hydrogen) atoms. The summed E-state index contributed by atoms with van der Waals surface area (Å²) < 4.78 is 5.62. The standard InChI is InChI=1S/C21H26N4O3S/c1-14-10-15(2)12-17(11-14)19-24-25-21(28-19)29-13-18(26)23-20(27)22-9-8-16-6-4-3-5-7-16/h6,10-12H,3-5,7-9,13H2,1-2H3,(H2,22,23,26,27). The molecule has 0 atom stereocenters. The molecule has 2 aromatic rings. The summed E-state index contributed by atoms with van der Waals surface area (Å²) in [6.45, 7) is 4.54. The van der Waals surface area contributed by atoms with E-state index in [1.807, 2.05) is 26.0 Å². The molecule has 0 spiro atoms. The third kappa shape index (κ3) is 6.74. The van der Waals surface area contributed by atoms with Gasteiger partial charge in [-0.3, -0.25) is 10.1 Å². The van der Waals surface area contributed by atoms with Crippen molar-refractivity contribution in [3.8, 4) is 11.5 Å². The minimum absolute atomic E-state index is 0.0209. The van der Waals surface area contributed by atoms with Crippen LogP contribution in [-0.2, 0) is 4.79 Å². The number of carbonyl (C=O) groups is 2. The van der Waals surface area contributed by atoms with Gasteiger partial charge in [0.05, 0.1) is 5.75 Å². The first kappa shape index (κ1) is 21.1. The Morgan fingerprint density at radius 3 is 2.66 bits per heavy atom. The number of aryl methyl sites for hydroxylation is 2. The fraction of sp³-hybridized carbons (Fsp3) is 0.429. The molecule has 0 fully saturated rings. The number of nitrogens with zero attached hydrogens (tertiary/aromatic N) is 2. The van der Waals surface area contributed by atoms with E-state index in [1.165, 1.54) is 18.4 Å². The molecule has 8 heteroatoms.